The Hall–Kier alpha value is -2.25. The second-order valence-corrected chi connectivity index (χ2v) is 5.94. The predicted octanol–water partition coefficient (Wildman–Crippen LogP) is 3.35. The molecule has 0 aliphatic carbocycles. The number of nitrogens with one attached hydrogen (secondary N) is 1. The standard InChI is InChI=1S/C16H14BrClN2O4/c1-23-14-6-11(17)5-10(16(14)22)8-19-20-15(21)9-24-13-4-2-3-12(18)7-13/h2-8,22H,9H2,1H3,(H,20,21)/b19-8-. The molecule has 2 rings (SSSR count). The quantitative estimate of drug-likeness (QED) is 0.562. The number of nitrogens with zero attached hydrogens (tertiary/aromatic N) is 1. The lowest BCUT2D eigenvalue weighted by molar-refractivity contribution is -0.123. The highest BCUT2D eigenvalue weighted by atomic mass is 79.9. The van der Waals surface area contributed by atoms with Gasteiger partial charge in [-0.2, -0.15) is 5.10 Å². The molecule has 2 N–H and O–H groups in total. The van der Waals surface area contributed by atoms with Crippen molar-refractivity contribution < 1.29 is 19.4 Å². The highest BCUT2D eigenvalue weighted by Gasteiger charge is 2.08. The molecule has 0 aliphatic heterocycles. The van der Waals surface area contributed by atoms with Crippen molar-refractivity contribution in [3.05, 3.63) is 51.5 Å². The monoisotopic (exact) mass is 412 g/mol. The lowest BCUT2D eigenvalue weighted by Crippen LogP contribution is -2.24. The number of hydrogen-bond acceptors (Lipinski definition) is 5. The molecular weight excluding hydrogens is 400 g/mol. The summed E-state index contributed by atoms with van der Waals surface area (Å²) in [6.07, 6.45) is 1.31. The van der Waals surface area contributed by atoms with Crippen LogP contribution in [0.15, 0.2) is 46.0 Å². The number of carbonyl (C=O) groups excluding carboxylic acids is 1. The fourth-order valence-corrected chi connectivity index (χ4v) is 2.40. The third-order valence-corrected chi connectivity index (χ3v) is 3.54. The fraction of sp³-hybridized carbons (Fsp3) is 0.125. The van der Waals surface area contributed by atoms with Crippen molar-refractivity contribution in [1.82, 2.24) is 5.43 Å². The first-order valence-corrected chi connectivity index (χ1v) is 7.93. The minimum absolute atomic E-state index is 0.0751. The number of phenols is 1. The molecule has 0 aliphatic rings. The number of methoxy groups -OCH3 is 1. The highest BCUT2D eigenvalue weighted by molar-refractivity contribution is 9.10. The first kappa shape index (κ1) is 18.1. The smallest absolute Gasteiger partial charge is 0.277 e. The lowest BCUT2D eigenvalue weighted by Gasteiger charge is -2.07. The number of amides is 1. The number of carbonyl (C=O) groups is 1. The van der Waals surface area contributed by atoms with Gasteiger partial charge in [0, 0.05) is 15.1 Å². The molecule has 0 unspecified atom stereocenters. The Kier molecular flexibility index (Phi) is 6.45. The number of benzene rings is 2. The molecule has 6 nitrogen and oxygen atoms in total. The van der Waals surface area contributed by atoms with E-state index in [1.54, 1.807) is 36.4 Å². The van der Waals surface area contributed by atoms with Crippen molar-refractivity contribution in [3.8, 4) is 17.2 Å². The zero-order valence-electron chi connectivity index (χ0n) is 12.6. The van der Waals surface area contributed by atoms with Crippen molar-refractivity contribution >= 4 is 39.7 Å². The molecule has 24 heavy (non-hydrogen) atoms. The summed E-state index contributed by atoms with van der Waals surface area (Å²) in [5, 5.41) is 14.3. The van der Waals surface area contributed by atoms with E-state index in [2.05, 4.69) is 26.5 Å². The first-order chi connectivity index (χ1) is 11.5. The first-order valence-electron chi connectivity index (χ1n) is 6.76. The molecule has 0 heterocycles. The van der Waals surface area contributed by atoms with Crippen molar-refractivity contribution in [2.75, 3.05) is 13.7 Å². The molecule has 0 spiro atoms. The van der Waals surface area contributed by atoms with Gasteiger partial charge in [0.05, 0.1) is 13.3 Å². The van der Waals surface area contributed by atoms with E-state index in [-0.39, 0.29) is 12.4 Å². The van der Waals surface area contributed by atoms with E-state index in [4.69, 9.17) is 21.1 Å². The molecule has 0 saturated carbocycles. The van der Waals surface area contributed by atoms with E-state index in [0.29, 0.717) is 26.6 Å². The van der Waals surface area contributed by atoms with Crippen LogP contribution in [-0.4, -0.2) is 30.9 Å². The number of hydrogen-bond donors (Lipinski definition) is 2. The third kappa shape index (κ3) is 5.14. The van der Waals surface area contributed by atoms with Gasteiger partial charge in [-0.15, -0.1) is 0 Å². The van der Waals surface area contributed by atoms with Crippen LogP contribution in [0, 0.1) is 0 Å². The van der Waals surface area contributed by atoms with Crippen LogP contribution in [-0.2, 0) is 4.79 Å². The number of hydrazone groups is 1. The van der Waals surface area contributed by atoms with Crippen LogP contribution in [0.3, 0.4) is 0 Å². The SMILES string of the molecule is COc1cc(Br)cc(/C=N\NC(=O)COc2cccc(Cl)c2)c1O. The molecule has 0 fully saturated rings. The van der Waals surface area contributed by atoms with E-state index in [1.807, 2.05) is 0 Å². The maximum atomic E-state index is 11.7. The van der Waals surface area contributed by atoms with Crippen LogP contribution in [0.5, 0.6) is 17.2 Å². The van der Waals surface area contributed by atoms with Crippen molar-refractivity contribution in [2.45, 2.75) is 0 Å². The second kappa shape index (κ2) is 8.56. The average Bonchev–Trinajstić information content (AvgIpc) is 2.55. The van der Waals surface area contributed by atoms with Gasteiger partial charge in [0.25, 0.3) is 5.91 Å². The van der Waals surface area contributed by atoms with Crippen LogP contribution in [0.4, 0.5) is 0 Å². The van der Waals surface area contributed by atoms with E-state index < -0.39 is 5.91 Å². The summed E-state index contributed by atoms with van der Waals surface area (Å²) in [5.74, 6) is 0.249. The van der Waals surface area contributed by atoms with Gasteiger partial charge in [-0.05, 0) is 30.3 Å². The predicted molar refractivity (Wildman–Crippen MR) is 95.0 cm³/mol. The summed E-state index contributed by atoms with van der Waals surface area (Å²) in [4.78, 5) is 11.7. The lowest BCUT2D eigenvalue weighted by atomic mass is 10.2. The number of ether oxygens (including phenoxy) is 2. The Bertz CT molecular complexity index is 768. The Morgan fingerprint density at radius 3 is 2.92 bits per heavy atom. The topological polar surface area (TPSA) is 80.2 Å². The van der Waals surface area contributed by atoms with Crippen LogP contribution in [0.1, 0.15) is 5.56 Å². The van der Waals surface area contributed by atoms with E-state index in [9.17, 15) is 9.90 Å². The number of halogens is 2. The van der Waals surface area contributed by atoms with Gasteiger partial charge in [-0.1, -0.05) is 33.6 Å². The molecule has 1 amide bonds. The van der Waals surface area contributed by atoms with Gasteiger partial charge in [0.2, 0.25) is 0 Å². The summed E-state index contributed by atoms with van der Waals surface area (Å²) < 4.78 is 11.0. The molecular formula is C16H14BrClN2O4. The Labute approximate surface area is 152 Å². The summed E-state index contributed by atoms with van der Waals surface area (Å²) in [5.41, 5.74) is 2.69. The van der Waals surface area contributed by atoms with Gasteiger partial charge >= 0.3 is 0 Å². The van der Waals surface area contributed by atoms with Gasteiger partial charge in [0.1, 0.15) is 5.75 Å². The van der Waals surface area contributed by atoms with E-state index in [1.165, 1.54) is 13.3 Å². The van der Waals surface area contributed by atoms with Crippen molar-refractivity contribution in [3.63, 3.8) is 0 Å². The molecule has 0 atom stereocenters. The van der Waals surface area contributed by atoms with Crippen molar-refractivity contribution in [1.29, 1.82) is 0 Å². The second-order valence-electron chi connectivity index (χ2n) is 4.59. The molecule has 0 radical (unpaired) electrons. The Balaban J connectivity index is 1.92. The summed E-state index contributed by atoms with van der Waals surface area (Å²) in [6, 6.07) is 9.97. The van der Waals surface area contributed by atoms with Gasteiger partial charge in [0.15, 0.2) is 18.1 Å². The molecule has 0 saturated heterocycles. The number of aromatic hydroxyl groups is 1. The Morgan fingerprint density at radius 2 is 2.21 bits per heavy atom. The average molecular weight is 414 g/mol. The minimum atomic E-state index is -0.451. The van der Waals surface area contributed by atoms with E-state index in [0.717, 1.165) is 0 Å². The molecule has 126 valence electrons. The third-order valence-electron chi connectivity index (χ3n) is 2.85. The molecule has 0 bridgehead atoms. The van der Waals surface area contributed by atoms with Crippen LogP contribution < -0.4 is 14.9 Å². The molecule has 2 aromatic rings. The summed E-state index contributed by atoms with van der Waals surface area (Å²) in [6.45, 7) is -0.217. The van der Waals surface area contributed by atoms with Gasteiger partial charge in [-0.25, -0.2) is 5.43 Å². The molecule has 2 aromatic carbocycles. The van der Waals surface area contributed by atoms with Crippen molar-refractivity contribution in [2.24, 2.45) is 5.10 Å². The Morgan fingerprint density at radius 1 is 1.42 bits per heavy atom. The number of rotatable bonds is 6. The zero-order chi connectivity index (χ0) is 17.5. The largest absolute Gasteiger partial charge is 0.504 e. The van der Waals surface area contributed by atoms with E-state index >= 15 is 0 Å². The fourth-order valence-electron chi connectivity index (χ4n) is 1.76. The molecule has 0 aromatic heterocycles. The van der Waals surface area contributed by atoms with Gasteiger partial charge in [-0.3, -0.25) is 4.79 Å². The van der Waals surface area contributed by atoms with Crippen LogP contribution in [0.2, 0.25) is 5.02 Å². The van der Waals surface area contributed by atoms with Gasteiger partial charge < -0.3 is 14.6 Å². The zero-order valence-corrected chi connectivity index (χ0v) is 15.0. The van der Waals surface area contributed by atoms with Crippen LogP contribution in [0.25, 0.3) is 0 Å². The maximum Gasteiger partial charge on any atom is 0.277 e. The normalized spacial score (nSPS) is 10.6. The highest BCUT2D eigenvalue weighted by Crippen LogP contribution is 2.32. The molecule has 8 heteroatoms. The van der Waals surface area contributed by atoms with Crippen LogP contribution >= 0.6 is 27.5 Å². The summed E-state index contributed by atoms with van der Waals surface area (Å²) in [7, 11) is 1.44. The number of phenolic OH excluding ortho intramolecular Hbond substituents is 1. The maximum absolute atomic E-state index is 11.7. The minimum Gasteiger partial charge on any atom is -0.504 e. The summed E-state index contributed by atoms with van der Waals surface area (Å²) >= 11 is 9.12.